The minimum absolute atomic E-state index is 0.351. The van der Waals surface area contributed by atoms with Gasteiger partial charge in [0.1, 0.15) is 11.1 Å². The Balaban J connectivity index is 2.27. The van der Waals surface area contributed by atoms with Crippen molar-refractivity contribution in [3.63, 3.8) is 0 Å². The first-order valence-electron chi connectivity index (χ1n) is 6.21. The van der Waals surface area contributed by atoms with Crippen LogP contribution in [0.5, 0.6) is 0 Å². The molecule has 7 heteroatoms. The van der Waals surface area contributed by atoms with E-state index in [1.165, 1.54) is 11.3 Å². The lowest BCUT2D eigenvalue weighted by Crippen LogP contribution is -2.31. The van der Waals surface area contributed by atoms with Crippen molar-refractivity contribution < 1.29 is 19.4 Å². The number of anilines is 1. The molecule has 2 heterocycles. The zero-order valence-corrected chi connectivity index (χ0v) is 12.4. The predicted molar refractivity (Wildman–Crippen MR) is 74.4 cm³/mol. The number of nitrogens with zero attached hydrogens (tertiary/aromatic N) is 1. The minimum atomic E-state index is -1.45. The largest absolute Gasteiger partial charge is 0.545 e. The first-order chi connectivity index (χ1) is 9.82. The molecule has 0 aliphatic carbocycles. The number of carbonyl (C=O) groups is 2. The number of thiophene rings is 1. The number of carboxylic acid groups (broad SMARTS) is 1. The molecule has 1 aliphatic heterocycles. The highest BCUT2D eigenvalue weighted by atomic mass is 32.1. The maximum Gasteiger partial charge on any atom is 0.249 e. The Morgan fingerprint density at radius 1 is 1.48 bits per heavy atom. The Labute approximate surface area is 125 Å². The lowest BCUT2D eigenvalue weighted by atomic mass is 9.93. The van der Waals surface area contributed by atoms with Crippen molar-refractivity contribution in [3.8, 4) is 6.07 Å². The Hall–Kier alpha value is -2.17. The summed E-state index contributed by atoms with van der Waals surface area (Å²) in [7, 11) is 0. The molecule has 1 N–H and O–H groups in total. The highest BCUT2D eigenvalue weighted by molar-refractivity contribution is 7.16. The van der Waals surface area contributed by atoms with E-state index in [1.54, 1.807) is 0 Å². The third-order valence-corrected chi connectivity index (χ3v) is 4.13. The van der Waals surface area contributed by atoms with Gasteiger partial charge in [-0.3, -0.25) is 4.79 Å². The van der Waals surface area contributed by atoms with E-state index in [0.717, 1.165) is 16.5 Å². The molecule has 0 aromatic carbocycles. The summed E-state index contributed by atoms with van der Waals surface area (Å²) in [4.78, 5) is 22.8. The SMILES string of the molecule is CC1(C)Cc2c(sc(NC(=O)C=CC(=O)[O-])c2C#N)CO1. The maximum absolute atomic E-state index is 11.6. The smallest absolute Gasteiger partial charge is 0.249 e. The van der Waals surface area contributed by atoms with Crippen molar-refractivity contribution in [2.75, 3.05) is 5.32 Å². The van der Waals surface area contributed by atoms with Crippen LogP contribution in [-0.2, 0) is 27.4 Å². The van der Waals surface area contributed by atoms with Crippen molar-refractivity contribution in [1.29, 1.82) is 5.26 Å². The molecule has 0 unspecified atom stereocenters. The second-order valence-electron chi connectivity index (χ2n) is 5.19. The third kappa shape index (κ3) is 3.48. The molecule has 1 aromatic rings. The standard InChI is InChI=1S/C14H14N2O4S/c1-14(2)5-8-9(6-15)13(21-10(8)7-20-14)16-11(17)3-4-12(18)19/h3-4H,5,7H2,1-2H3,(H,16,17)(H,18,19)/p-1. The third-order valence-electron chi connectivity index (χ3n) is 3.01. The number of rotatable bonds is 3. The first-order valence-corrected chi connectivity index (χ1v) is 7.02. The van der Waals surface area contributed by atoms with Crippen LogP contribution in [-0.4, -0.2) is 17.5 Å². The van der Waals surface area contributed by atoms with Gasteiger partial charge in [-0.15, -0.1) is 11.3 Å². The van der Waals surface area contributed by atoms with Gasteiger partial charge in [-0.1, -0.05) is 0 Å². The number of hydrogen-bond acceptors (Lipinski definition) is 6. The van der Waals surface area contributed by atoms with Gasteiger partial charge in [0.2, 0.25) is 5.91 Å². The van der Waals surface area contributed by atoms with Gasteiger partial charge in [0.25, 0.3) is 0 Å². The van der Waals surface area contributed by atoms with Gasteiger partial charge >= 0.3 is 0 Å². The zero-order chi connectivity index (χ0) is 15.6. The van der Waals surface area contributed by atoms with Gasteiger partial charge in [0.15, 0.2) is 0 Å². The number of carboxylic acids is 1. The second-order valence-corrected chi connectivity index (χ2v) is 6.29. The van der Waals surface area contributed by atoms with E-state index in [-0.39, 0.29) is 5.60 Å². The molecule has 0 saturated carbocycles. The molecule has 1 aromatic heterocycles. The van der Waals surface area contributed by atoms with Crippen molar-refractivity contribution in [1.82, 2.24) is 0 Å². The molecule has 0 fully saturated rings. The van der Waals surface area contributed by atoms with Crippen LogP contribution in [0.1, 0.15) is 29.9 Å². The Kier molecular flexibility index (Phi) is 4.11. The molecule has 0 bridgehead atoms. The predicted octanol–water partition coefficient (Wildman–Crippen LogP) is 0.716. The average Bonchev–Trinajstić information content (AvgIpc) is 2.71. The summed E-state index contributed by atoms with van der Waals surface area (Å²) in [6.45, 7) is 4.28. The first kappa shape index (κ1) is 15.2. The summed E-state index contributed by atoms with van der Waals surface area (Å²) in [5, 5.41) is 22.5. The Morgan fingerprint density at radius 2 is 2.19 bits per heavy atom. The topological polar surface area (TPSA) is 102 Å². The summed E-state index contributed by atoms with van der Waals surface area (Å²) in [6, 6.07) is 2.10. The van der Waals surface area contributed by atoms with E-state index >= 15 is 0 Å². The summed E-state index contributed by atoms with van der Waals surface area (Å²) in [6.07, 6.45) is 2.09. The fourth-order valence-electron chi connectivity index (χ4n) is 2.06. The van der Waals surface area contributed by atoms with E-state index in [1.807, 2.05) is 13.8 Å². The van der Waals surface area contributed by atoms with Crippen LogP contribution in [0.2, 0.25) is 0 Å². The van der Waals surface area contributed by atoms with Crippen LogP contribution in [0.3, 0.4) is 0 Å². The molecule has 2 rings (SSSR count). The Morgan fingerprint density at radius 3 is 2.81 bits per heavy atom. The fraction of sp³-hybridized carbons (Fsp3) is 0.357. The average molecular weight is 305 g/mol. The minimum Gasteiger partial charge on any atom is -0.545 e. The Bertz CT molecular complexity index is 667. The van der Waals surface area contributed by atoms with Crippen LogP contribution >= 0.6 is 11.3 Å². The van der Waals surface area contributed by atoms with Gasteiger partial charge in [0, 0.05) is 17.4 Å². The fourth-order valence-corrected chi connectivity index (χ4v) is 3.14. The van der Waals surface area contributed by atoms with Gasteiger partial charge in [-0.25, -0.2) is 0 Å². The quantitative estimate of drug-likeness (QED) is 0.829. The van der Waals surface area contributed by atoms with Crippen LogP contribution in [0.4, 0.5) is 5.00 Å². The summed E-state index contributed by atoms with van der Waals surface area (Å²) in [5.74, 6) is -2.07. The van der Waals surface area contributed by atoms with Crippen LogP contribution < -0.4 is 10.4 Å². The molecule has 0 radical (unpaired) electrons. The number of amides is 1. The molecule has 0 spiro atoms. The summed E-state index contributed by atoms with van der Waals surface area (Å²) in [5.41, 5.74) is 0.954. The van der Waals surface area contributed by atoms with E-state index in [4.69, 9.17) is 4.74 Å². The zero-order valence-electron chi connectivity index (χ0n) is 11.6. The van der Waals surface area contributed by atoms with Crippen molar-refractivity contribution in [3.05, 3.63) is 28.2 Å². The van der Waals surface area contributed by atoms with E-state index in [9.17, 15) is 20.0 Å². The van der Waals surface area contributed by atoms with Crippen molar-refractivity contribution in [2.24, 2.45) is 0 Å². The lowest BCUT2D eigenvalue weighted by molar-refractivity contribution is -0.297. The number of nitrogens with one attached hydrogen (secondary N) is 1. The number of carbonyl (C=O) groups excluding carboxylic acids is 2. The van der Waals surface area contributed by atoms with Gasteiger partial charge in [-0.2, -0.15) is 5.26 Å². The van der Waals surface area contributed by atoms with Crippen LogP contribution in [0.25, 0.3) is 0 Å². The monoisotopic (exact) mass is 305 g/mol. The number of fused-ring (bicyclic) bond motifs is 1. The molecule has 0 atom stereocenters. The van der Waals surface area contributed by atoms with Gasteiger partial charge < -0.3 is 20.0 Å². The molecular weight excluding hydrogens is 292 g/mol. The van der Waals surface area contributed by atoms with Crippen LogP contribution in [0.15, 0.2) is 12.2 Å². The molecular formula is C14H13N2O4S-. The van der Waals surface area contributed by atoms with Crippen LogP contribution in [0, 0.1) is 11.3 Å². The summed E-state index contributed by atoms with van der Waals surface area (Å²) >= 11 is 1.27. The molecule has 1 aliphatic rings. The van der Waals surface area contributed by atoms with Gasteiger partial charge in [-0.05, 0) is 25.5 Å². The number of hydrogen-bond donors (Lipinski definition) is 1. The molecule has 1 amide bonds. The number of nitriles is 1. The van der Waals surface area contributed by atoms with E-state index in [0.29, 0.717) is 29.7 Å². The van der Waals surface area contributed by atoms with Gasteiger partial charge in [0.05, 0.1) is 23.7 Å². The van der Waals surface area contributed by atoms with E-state index < -0.39 is 11.9 Å². The lowest BCUT2D eigenvalue weighted by Gasteiger charge is -2.29. The molecule has 110 valence electrons. The highest BCUT2D eigenvalue weighted by Gasteiger charge is 2.31. The molecule has 6 nitrogen and oxygen atoms in total. The molecule has 0 saturated heterocycles. The number of ether oxygens (including phenoxy) is 1. The maximum atomic E-state index is 11.6. The van der Waals surface area contributed by atoms with Crippen molar-refractivity contribution >= 4 is 28.2 Å². The number of aliphatic carboxylic acids is 1. The molecule has 21 heavy (non-hydrogen) atoms. The van der Waals surface area contributed by atoms with E-state index in [2.05, 4.69) is 11.4 Å². The second kappa shape index (κ2) is 5.68. The summed E-state index contributed by atoms with van der Waals surface area (Å²) < 4.78 is 5.68. The van der Waals surface area contributed by atoms with Crippen molar-refractivity contribution in [2.45, 2.75) is 32.5 Å². The normalized spacial score (nSPS) is 16.2. The highest BCUT2D eigenvalue weighted by Crippen LogP contribution is 2.39.